The molecule has 142 valence electrons. The second kappa shape index (κ2) is 8.95. The zero-order valence-electron chi connectivity index (χ0n) is 15.8. The molecule has 6 heteroatoms. The van der Waals surface area contributed by atoms with Crippen LogP contribution in [-0.2, 0) is 11.3 Å². The Hall–Kier alpha value is -2.47. The van der Waals surface area contributed by atoms with E-state index in [1.165, 1.54) is 28.7 Å². The molecule has 0 aliphatic rings. The fourth-order valence-electron chi connectivity index (χ4n) is 3.06. The third-order valence-corrected chi connectivity index (χ3v) is 5.63. The van der Waals surface area contributed by atoms with E-state index in [0.717, 1.165) is 29.7 Å². The van der Waals surface area contributed by atoms with Crippen LogP contribution in [0.4, 0.5) is 0 Å². The van der Waals surface area contributed by atoms with Gasteiger partial charge in [-0.15, -0.1) is 11.3 Å². The van der Waals surface area contributed by atoms with Gasteiger partial charge in [0.2, 0.25) is 5.91 Å². The Morgan fingerprint density at radius 3 is 2.78 bits per heavy atom. The van der Waals surface area contributed by atoms with Gasteiger partial charge in [-0.3, -0.25) is 14.2 Å². The van der Waals surface area contributed by atoms with Crippen molar-refractivity contribution in [3.63, 3.8) is 0 Å². The molecule has 27 heavy (non-hydrogen) atoms. The summed E-state index contributed by atoms with van der Waals surface area (Å²) in [5.74, 6) is -0.152. The molecule has 3 aromatic rings. The number of carbonyl (C=O) groups excluding carboxylic acids is 1. The predicted octanol–water partition coefficient (Wildman–Crippen LogP) is 4.21. The summed E-state index contributed by atoms with van der Waals surface area (Å²) in [6.07, 6.45) is 5.85. The van der Waals surface area contributed by atoms with Crippen molar-refractivity contribution in [2.45, 2.75) is 52.1 Å². The van der Waals surface area contributed by atoms with Gasteiger partial charge in [-0.25, -0.2) is 4.98 Å². The number of hydrogen-bond donors (Lipinski definition) is 1. The van der Waals surface area contributed by atoms with Crippen molar-refractivity contribution in [3.8, 4) is 10.4 Å². The molecule has 0 radical (unpaired) electrons. The Morgan fingerprint density at radius 2 is 2.04 bits per heavy atom. The molecule has 0 saturated carbocycles. The number of unbranched alkanes of at least 4 members (excludes halogenated alkanes) is 2. The summed E-state index contributed by atoms with van der Waals surface area (Å²) in [5, 5.41) is 3.53. The Bertz CT molecular complexity index is 962. The van der Waals surface area contributed by atoms with E-state index in [9.17, 15) is 9.59 Å². The zero-order valence-corrected chi connectivity index (χ0v) is 16.6. The van der Waals surface area contributed by atoms with Crippen LogP contribution >= 0.6 is 11.3 Å². The highest BCUT2D eigenvalue weighted by Crippen LogP contribution is 2.30. The number of nitrogens with one attached hydrogen (secondary N) is 1. The lowest BCUT2D eigenvalue weighted by Gasteiger charge is -2.14. The molecule has 1 atom stereocenters. The van der Waals surface area contributed by atoms with Gasteiger partial charge in [0.15, 0.2) is 0 Å². The highest BCUT2D eigenvalue weighted by molar-refractivity contribution is 7.21. The van der Waals surface area contributed by atoms with E-state index in [2.05, 4.69) is 17.2 Å². The third kappa shape index (κ3) is 4.83. The topological polar surface area (TPSA) is 64.0 Å². The molecule has 0 aliphatic heterocycles. The average molecular weight is 384 g/mol. The van der Waals surface area contributed by atoms with Crippen molar-refractivity contribution in [1.29, 1.82) is 0 Å². The van der Waals surface area contributed by atoms with Crippen LogP contribution in [-0.4, -0.2) is 21.5 Å². The summed E-state index contributed by atoms with van der Waals surface area (Å²) >= 11 is 1.49. The van der Waals surface area contributed by atoms with Crippen molar-refractivity contribution in [1.82, 2.24) is 14.9 Å². The molecule has 0 unspecified atom stereocenters. The number of benzene rings is 1. The summed E-state index contributed by atoms with van der Waals surface area (Å²) < 4.78 is 1.39. The van der Waals surface area contributed by atoms with Gasteiger partial charge in [0.25, 0.3) is 5.56 Å². The average Bonchev–Trinajstić information content (AvgIpc) is 3.10. The molecule has 5 nitrogen and oxygen atoms in total. The fourth-order valence-corrected chi connectivity index (χ4v) is 4.06. The van der Waals surface area contributed by atoms with Gasteiger partial charge in [-0.2, -0.15) is 0 Å². The highest BCUT2D eigenvalue weighted by Gasteiger charge is 2.13. The van der Waals surface area contributed by atoms with Crippen molar-refractivity contribution in [2.75, 3.05) is 0 Å². The van der Waals surface area contributed by atoms with Crippen LogP contribution in [0.1, 0.15) is 39.5 Å². The van der Waals surface area contributed by atoms with E-state index in [-0.39, 0.29) is 24.1 Å². The van der Waals surface area contributed by atoms with Gasteiger partial charge in [0.1, 0.15) is 11.4 Å². The number of nitrogens with zero attached hydrogens (tertiary/aromatic N) is 2. The first kappa shape index (κ1) is 19.3. The number of fused-ring (bicyclic) bond motifs is 1. The molecule has 0 spiro atoms. The molecule has 2 heterocycles. The number of hydrogen-bond acceptors (Lipinski definition) is 4. The van der Waals surface area contributed by atoms with Crippen LogP contribution in [0.2, 0.25) is 0 Å². The van der Waals surface area contributed by atoms with E-state index >= 15 is 0 Å². The summed E-state index contributed by atoms with van der Waals surface area (Å²) in [6, 6.07) is 11.9. The lowest BCUT2D eigenvalue weighted by atomic mass is 10.1. The van der Waals surface area contributed by atoms with E-state index in [4.69, 9.17) is 0 Å². The van der Waals surface area contributed by atoms with E-state index in [1.54, 1.807) is 0 Å². The SMILES string of the molecule is CCCCC[C@@H](C)NC(=O)Cn1cnc2sc(-c3ccccc3)cc2c1=O. The largest absolute Gasteiger partial charge is 0.352 e. The van der Waals surface area contributed by atoms with Crippen LogP contribution in [0.3, 0.4) is 0 Å². The van der Waals surface area contributed by atoms with Crippen molar-refractivity contribution in [3.05, 3.63) is 53.1 Å². The Kier molecular flexibility index (Phi) is 6.40. The highest BCUT2D eigenvalue weighted by atomic mass is 32.1. The molecule has 1 aromatic carbocycles. The third-order valence-electron chi connectivity index (χ3n) is 4.54. The van der Waals surface area contributed by atoms with E-state index in [0.29, 0.717) is 10.2 Å². The quantitative estimate of drug-likeness (QED) is 0.593. The maximum absolute atomic E-state index is 12.8. The summed E-state index contributed by atoms with van der Waals surface area (Å²) in [5.41, 5.74) is 0.886. The lowest BCUT2D eigenvalue weighted by Crippen LogP contribution is -2.37. The molecule has 0 aliphatic carbocycles. The van der Waals surface area contributed by atoms with Crippen LogP contribution in [0.5, 0.6) is 0 Å². The minimum atomic E-state index is -0.174. The molecule has 0 bridgehead atoms. The van der Waals surface area contributed by atoms with Crippen LogP contribution in [0, 0.1) is 0 Å². The predicted molar refractivity (Wildman–Crippen MR) is 111 cm³/mol. The smallest absolute Gasteiger partial charge is 0.262 e. The molecule has 0 saturated heterocycles. The van der Waals surface area contributed by atoms with Gasteiger partial charge in [0, 0.05) is 10.9 Å². The van der Waals surface area contributed by atoms with Crippen LogP contribution in [0.25, 0.3) is 20.7 Å². The van der Waals surface area contributed by atoms with Crippen LogP contribution in [0.15, 0.2) is 47.5 Å². The van der Waals surface area contributed by atoms with Gasteiger partial charge >= 0.3 is 0 Å². The maximum Gasteiger partial charge on any atom is 0.262 e. The summed E-state index contributed by atoms with van der Waals surface area (Å²) in [6.45, 7) is 4.16. The molecular weight excluding hydrogens is 358 g/mol. The van der Waals surface area contributed by atoms with Gasteiger partial charge < -0.3 is 5.32 Å². The Labute approximate surface area is 163 Å². The van der Waals surface area contributed by atoms with E-state index < -0.39 is 0 Å². The van der Waals surface area contributed by atoms with Crippen LogP contribution < -0.4 is 10.9 Å². The van der Waals surface area contributed by atoms with Crippen molar-refractivity contribution < 1.29 is 4.79 Å². The first-order valence-corrected chi connectivity index (χ1v) is 10.2. The molecule has 1 amide bonds. The fraction of sp³-hybridized carbons (Fsp3) is 0.381. The standard InChI is InChI=1S/C21H25N3O2S/c1-3-4-6-9-15(2)23-19(25)13-24-14-22-20-17(21(24)26)12-18(27-20)16-10-7-5-8-11-16/h5,7-8,10-12,14-15H,3-4,6,9,13H2,1-2H3,(H,23,25)/t15-/m1/s1. The minimum absolute atomic E-state index is 0.00356. The normalized spacial score (nSPS) is 12.2. The number of carbonyl (C=O) groups is 1. The Balaban J connectivity index is 1.73. The van der Waals surface area contributed by atoms with Gasteiger partial charge in [0.05, 0.1) is 11.7 Å². The van der Waals surface area contributed by atoms with Gasteiger partial charge in [-0.05, 0) is 25.0 Å². The lowest BCUT2D eigenvalue weighted by molar-refractivity contribution is -0.122. The monoisotopic (exact) mass is 383 g/mol. The number of amides is 1. The molecule has 3 rings (SSSR count). The number of thiophene rings is 1. The minimum Gasteiger partial charge on any atom is -0.352 e. The summed E-state index contributed by atoms with van der Waals surface area (Å²) in [7, 11) is 0. The second-order valence-corrected chi connectivity index (χ2v) is 7.87. The number of aromatic nitrogens is 2. The molecule has 0 fully saturated rings. The zero-order chi connectivity index (χ0) is 19.2. The molecular formula is C21H25N3O2S. The molecule has 1 N–H and O–H groups in total. The van der Waals surface area contributed by atoms with Crippen molar-refractivity contribution >= 4 is 27.5 Å². The van der Waals surface area contributed by atoms with E-state index in [1.807, 2.05) is 43.3 Å². The first-order valence-electron chi connectivity index (χ1n) is 9.42. The van der Waals surface area contributed by atoms with Gasteiger partial charge in [-0.1, -0.05) is 56.5 Å². The maximum atomic E-state index is 12.8. The van der Waals surface area contributed by atoms with Crippen molar-refractivity contribution in [2.24, 2.45) is 0 Å². The number of rotatable bonds is 8. The second-order valence-electron chi connectivity index (χ2n) is 6.84. The molecule has 2 aromatic heterocycles. The summed E-state index contributed by atoms with van der Waals surface area (Å²) in [4.78, 5) is 31.1. The first-order chi connectivity index (χ1) is 13.1. The Morgan fingerprint density at radius 1 is 1.26 bits per heavy atom.